The number of carbonyl (C=O) groups excluding carboxylic acids is 1. The second-order valence-electron chi connectivity index (χ2n) is 3.64. The minimum absolute atomic E-state index is 0.0300. The number of nitrogens with two attached hydrogens (primary N) is 1. The third kappa shape index (κ3) is 3.09. The van der Waals surface area contributed by atoms with Gasteiger partial charge in [0.25, 0.3) is 0 Å². The molecule has 0 radical (unpaired) electrons. The van der Waals surface area contributed by atoms with Crippen LogP contribution in [0.2, 0.25) is 0 Å². The Bertz CT molecular complexity index is 385. The van der Waals surface area contributed by atoms with E-state index in [2.05, 4.69) is 5.32 Å². The van der Waals surface area contributed by atoms with Gasteiger partial charge in [0.2, 0.25) is 0 Å². The van der Waals surface area contributed by atoms with E-state index in [1.807, 2.05) is 13.8 Å². The number of anilines is 1. The first-order valence-corrected chi connectivity index (χ1v) is 4.76. The molecule has 0 unspecified atom stereocenters. The van der Waals surface area contributed by atoms with Crippen LogP contribution < -0.4 is 11.1 Å². The average Bonchev–Trinajstić information content (AvgIpc) is 2.16. The van der Waals surface area contributed by atoms with Crippen LogP contribution in [0.15, 0.2) is 24.3 Å². The molecule has 0 heterocycles. The number of hydrogen-bond acceptors (Lipinski definition) is 2. The lowest BCUT2D eigenvalue weighted by molar-refractivity contribution is 0.0939. The molecule has 4 heteroatoms. The van der Waals surface area contributed by atoms with Crippen LogP contribution in [0.4, 0.5) is 5.69 Å². The van der Waals surface area contributed by atoms with Gasteiger partial charge in [-0.1, -0.05) is 26.0 Å². The van der Waals surface area contributed by atoms with Crippen LogP contribution in [0.1, 0.15) is 24.2 Å². The molecule has 0 bridgehead atoms. The lowest BCUT2D eigenvalue weighted by Gasteiger charge is -2.07. The maximum atomic E-state index is 11.7. The fourth-order valence-electron chi connectivity index (χ4n) is 1.24. The van der Waals surface area contributed by atoms with Gasteiger partial charge >= 0.3 is 0 Å². The highest BCUT2D eigenvalue weighted by Gasteiger charge is 2.10. The number of ketones is 1. The Kier molecular flexibility index (Phi) is 3.44. The molecule has 0 saturated heterocycles. The lowest BCUT2D eigenvalue weighted by atomic mass is 10.0. The van der Waals surface area contributed by atoms with E-state index in [4.69, 9.17) is 11.1 Å². The van der Waals surface area contributed by atoms with Gasteiger partial charge in [-0.05, 0) is 12.1 Å². The van der Waals surface area contributed by atoms with Crippen LogP contribution in [0.3, 0.4) is 0 Å². The van der Waals surface area contributed by atoms with Crippen LogP contribution in [0.5, 0.6) is 0 Å². The summed E-state index contributed by atoms with van der Waals surface area (Å²) in [6.45, 7) is 3.71. The van der Waals surface area contributed by atoms with Crippen molar-refractivity contribution in [3.8, 4) is 0 Å². The van der Waals surface area contributed by atoms with Gasteiger partial charge in [-0.25, -0.2) is 0 Å². The molecular formula is C11H15N3O. The standard InChI is InChI=1S/C11H15N3O/c1-7(2)10(15)8-4-3-5-9(6-8)14-11(12)13/h3-7H,1-2H3,(H4,12,13,14). The fourth-order valence-corrected chi connectivity index (χ4v) is 1.24. The number of hydrogen-bond donors (Lipinski definition) is 3. The van der Waals surface area contributed by atoms with Crippen molar-refractivity contribution in [2.75, 3.05) is 5.32 Å². The first kappa shape index (κ1) is 11.2. The molecule has 0 aliphatic carbocycles. The van der Waals surface area contributed by atoms with Crippen LogP contribution in [0, 0.1) is 11.3 Å². The molecule has 0 aliphatic rings. The summed E-state index contributed by atoms with van der Waals surface area (Å²) in [7, 11) is 0. The molecule has 4 N–H and O–H groups in total. The second kappa shape index (κ2) is 4.59. The summed E-state index contributed by atoms with van der Waals surface area (Å²) in [5.74, 6) is -0.0797. The van der Waals surface area contributed by atoms with Gasteiger partial charge in [0.15, 0.2) is 11.7 Å². The molecule has 1 aromatic carbocycles. The Hall–Kier alpha value is -1.84. The third-order valence-electron chi connectivity index (χ3n) is 1.95. The summed E-state index contributed by atoms with van der Waals surface area (Å²) in [6.07, 6.45) is 0. The number of benzene rings is 1. The summed E-state index contributed by atoms with van der Waals surface area (Å²) < 4.78 is 0. The Balaban J connectivity index is 2.92. The molecule has 0 amide bonds. The fraction of sp³-hybridized carbons (Fsp3) is 0.273. The Morgan fingerprint density at radius 1 is 1.47 bits per heavy atom. The summed E-state index contributed by atoms with van der Waals surface area (Å²) in [5, 5.41) is 9.72. The summed E-state index contributed by atoms with van der Waals surface area (Å²) in [6, 6.07) is 6.98. The van der Waals surface area contributed by atoms with Gasteiger partial charge in [-0.3, -0.25) is 10.2 Å². The lowest BCUT2D eigenvalue weighted by Crippen LogP contribution is -2.20. The molecule has 0 spiro atoms. The minimum atomic E-state index is -0.135. The van der Waals surface area contributed by atoms with E-state index in [9.17, 15) is 4.79 Å². The Morgan fingerprint density at radius 3 is 2.67 bits per heavy atom. The van der Waals surface area contributed by atoms with Crippen molar-refractivity contribution in [1.29, 1.82) is 5.41 Å². The first-order chi connectivity index (χ1) is 7.00. The molecule has 0 saturated carbocycles. The average molecular weight is 205 g/mol. The monoisotopic (exact) mass is 205 g/mol. The van der Waals surface area contributed by atoms with E-state index in [1.165, 1.54) is 0 Å². The number of rotatable bonds is 3. The van der Waals surface area contributed by atoms with Crippen LogP contribution in [-0.4, -0.2) is 11.7 Å². The van der Waals surface area contributed by atoms with Crippen LogP contribution >= 0.6 is 0 Å². The molecule has 4 nitrogen and oxygen atoms in total. The van der Waals surface area contributed by atoms with Crippen LogP contribution in [0.25, 0.3) is 0 Å². The van der Waals surface area contributed by atoms with Crippen molar-refractivity contribution in [3.05, 3.63) is 29.8 Å². The van der Waals surface area contributed by atoms with Crippen molar-refractivity contribution >= 4 is 17.4 Å². The number of guanidine groups is 1. The zero-order valence-electron chi connectivity index (χ0n) is 8.87. The van der Waals surface area contributed by atoms with E-state index in [0.29, 0.717) is 11.3 Å². The van der Waals surface area contributed by atoms with Crippen molar-refractivity contribution in [2.24, 2.45) is 11.7 Å². The van der Waals surface area contributed by atoms with Crippen molar-refractivity contribution in [3.63, 3.8) is 0 Å². The van der Waals surface area contributed by atoms with Crippen molar-refractivity contribution in [2.45, 2.75) is 13.8 Å². The van der Waals surface area contributed by atoms with Gasteiger partial charge in [0.05, 0.1) is 0 Å². The molecular weight excluding hydrogens is 190 g/mol. The predicted octanol–water partition coefficient (Wildman–Crippen LogP) is 1.83. The van der Waals surface area contributed by atoms with Crippen molar-refractivity contribution in [1.82, 2.24) is 0 Å². The number of carbonyl (C=O) groups is 1. The molecule has 1 aromatic rings. The summed E-state index contributed by atoms with van der Waals surface area (Å²) >= 11 is 0. The number of nitrogens with one attached hydrogen (secondary N) is 2. The second-order valence-corrected chi connectivity index (χ2v) is 3.64. The van der Waals surface area contributed by atoms with Gasteiger partial charge in [-0.2, -0.15) is 0 Å². The van der Waals surface area contributed by atoms with Gasteiger partial charge in [-0.15, -0.1) is 0 Å². The van der Waals surface area contributed by atoms with Crippen LogP contribution in [-0.2, 0) is 0 Å². The van der Waals surface area contributed by atoms with E-state index >= 15 is 0 Å². The summed E-state index contributed by atoms with van der Waals surface area (Å²) in [5.41, 5.74) is 6.49. The highest BCUT2D eigenvalue weighted by molar-refractivity contribution is 5.99. The molecule has 0 fully saturated rings. The Morgan fingerprint density at radius 2 is 2.13 bits per heavy atom. The largest absolute Gasteiger partial charge is 0.370 e. The number of Topliss-reactive ketones (excluding diaryl/α,β-unsaturated/α-hetero) is 1. The Labute approximate surface area is 89.0 Å². The normalized spacial score (nSPS) is 10.1. The predicted molar refractivity (Wildman–Crippen MR) is 61.1 cm³/mol. The van der Waals surface area contributed by atoms with E-state index in [0.717, 1.165) is 0 Å². The molecule has 80 valence electrons. The zero-order chi connectivity index (χ0) is 11.4. The SMILES string of the molecule is CC(C)C(=O)c1cccc(NC(=N)N)c1. The molecule has 15 heavy (non-hydrogen) atoms. The minimum Gasteiger partial charge on any atom is -0.370 e. The molecule has 0 aliphatic heterocycles. The van der Waals surface area contributed by atoms with Gasteiger partial charge < -0.3 is 11.1 Å². The van der Waals surface area contributed by atoms with E-state index in [-0.39, 0.29) is 17.7 Å². The molecule has 0 aromatic heterocycles. The molecule has 0 atom stereocenters. The van der Waals surface area contributed by atoms with E-state index < -0.39 is 0 Å². The van der Waals surface area contributed by atoms with Gasteiger partial charge in [0.1, 0.15) is 0 Å². The molecule has 1 rings (SSSR count). The smallest absolute Gasteiger partial charge is 0.190 e. The van der Waals surface area contributed by atoms with Gasteiger partial charge in [0, 0.05) is 17.2 Å². The maximum absolute atomic E-state index is 11.7. The van der Waals surface area contributed by atoms with E-state index in [1.54, 1.807) is 24.3 Å². The quantitative estimate of drug-likeness (QED) is 0.400. The topological polar surface area (TPSA) is 79.0 Å². The first-order valence-electron chi connectivity index (χ1n) is 4.76. The highest BCUT2D eigenvalue weighted by Crippen LogP contribution is 2.13. The third-order valence-corrected chi connectivity index (χ3v) is 1.95. The van der Waals surface area contributed by atoms with Crippen molar-refractivity contribution < 1.29 is 4.79 Å². The maximum Gasteiger partial charge on any atom is 0.190 e. The highest BCUT2D eigenvalue weighted by atomic mass is 16.1. The zero-order valence-corrected chi connectivity index (χ0v) is 8.87. The summed E-state index contributed by atoms with van der Waals surface area (Å²) in [4.78, 5) is 11.7.